The van der Waals surface area contributed by atoms with Crippen LogP contribution in [-0.2, 0) is 11.3 Å². The largest absolute Gasteiger partial charge is 0.462 e. The zero-order chi connectivity index (χ0) is 18.8. The number of benzene rings is 1. The molecule has 138 valence electrons. The van der Waals surface area contributed by atoms with Crippen molar-refractivity contribution in [2.24, 2.45) is 4.99 Å². The fourth-order valence-electron chi connectivity index (χ4n) is 2.93. The first kappa shape index (κ1) is 17.5. The normalized spacial score (nSPS) is 13.9. The highest BCUT2D eigenvalue weighted by molar-refractivity contribution is 7.07. The molecule has 3 aromatic rings. The second kappa shape index (κ2) is 7.36. The van der Waals surface area contributed by atoms with Crippen molar-refractivity contribution in [2.45, 2.75) is 19.9 Å². The van der Waals surface area contributed by atoms with Crippen molar-refractivity contribution in [3.05, 3.63) is 67.4 Å². The van der Waals surface area contributed by atoms with Crippen molar-refractivity contribution in [3.63, 3.8) is 0 Å². The van der Waals surface area contributed by atoms with Crippen molar-refractivity contribution in [1.82, 2.24) is 4.57 Å². The standard InChI is InChI=1S/C20H18N2O4S/c1-2-25-19(24)14-6-4-13(5-7-14)16-9-8-15(26-16)12-17-18(23)22-11-3-10-21-20(22)27-17/h4-9,12H,2-3,10-11H2,1H3/b17-12-. The van der Waals surface area contributed by atoms with Gasteiger partial charge in [-0.3, -0.25) is 14.4 Å². The lowest BCUT2D eigenvalue weighted by Crippen LogP contribution is -2.33. The van der Waals surface area contributed by atoms with Crippen LogP contribution < -0.4 is 14.9 Å². The van der Waals surface area contributed by atoms with Gasteiger partial charge in [0.1, 0.15) is 11.5 Å². The Kier molecular flexibility index (Phi) is 4.77. The molecule has 1 aliphatic heterocycles. The first-order valence-electron chi connectivity index (χ1n) is 8.79. The summed E-state index contributed by atoms with van der Waals surface area (Å²) >= 11 is 1.39. The quantitative estimate of drug-likeness (QED) is 0.649. The lowest BCUT2D eigenvalue weighted by atomic mass is 10.1. The zero-order valence-electron chi connectivity index (χ0n) is 14.8. The van der Waals surface area contributed by atoms with Crippen LogP contribution in [0.5, 0.6) is 0 Å². The summed E-state index contributed by atoms with van der Waals surface area (Å²) in [5.41, 5.74) is 1.33. The fraction of sp³-hybridized carbons (Fsp3) is 0.250. The number of carbonyl (C=O) groups is 1. The van der Waals surface area contributed by atoms with Crippen LogP contribution in [0, 0.1) is 0 Å². The van der Waals surface area contributed by atoms with Crippen molar-refractivity contribution < 1.29 is 13.9 Å². The molecule has 0 spiro atoms. The lowest BCUT2D eigenvalue weighted by molar-refractivity contribution is 0.0526. The molecule has 1 aliphatic rings. The predicted molar refractivity (Wildman–Crippen MR) is 103 cm³/mol. The molecule has 6 nitrogen and oxygen atoms in total. The maximum Gasteiger partial charge on any atom is 0.338 e. The molecule has 2 aromatic heterocycles. The van der Waals surface area contributed by atoms with Crippen LogP contribution in [-0.4, -0.2) is 23.7 Å². The molecule has 0 saturated heterocycles. The number of carbonyl (C=O) groups excluding carboxylic acids is 1. The van der Waals surface area contributed by atoms with Gasteiger partial charge in [-0.1, -0.05) is 23.5 Å². The smallest absolute Gasteiger partial charge is 0.338 e. The monoisotopic (exact) mass is 382 g/mol. The van der Waals surface area contributed by atoms with E-state index in [0.29, 0.717) is 28.2 Å². The second-order valence-electron chi connectivity index (χ2n) is 6.09. The number of hydrogen-bond donors (Lipinski definition) is 0. The van der Waals surface area contributed by atoms with E-state index in [2.05, 4.69) is 4.99 Å². The molecule has 0 fully saturated rings. The molecule has 0 amide bonds. The van der Waals surface area contributed by atoms with Crippen LogP contribution in [0.2, 0.25) is 0 Å². The Morgan fingerprint density at radius 1 is 1.30 bits per heavy atom. The highest BCUT2D eigenvalue weighted by atomic mass is 32.1. The number of aromatic nitrogens is 1. The molecule has 3 heterocycles. The molecule has 0 atom stereocenters. The summed E-state index contributed by atoms with van der Waals surface area (Å²) in [6, 6.07) is 10.7. The molecule has 0 aliphatic carbocycles. The van der Waals surface area contributed by atoms with Gasteiger partial charge in [0.15, 0.2) is 4.80 Å². The van der Waals surface area contributed by atoms with E-state index in [4.69, 9.17) is 9.15 Å². The minimum atomic E-state index is -0.343. The maximum absolute atomic E-state index is 12.4. The molecule has 0 saturated carbocycles. The summed E-state index contributed by atoms with van der Waals surface area (Å²) in [4.78, 5) is 29.3. The van der Waals surface area contributed by atoms with Crippen LogP contribution >= 0.6 is 11.3 Å². The SMILES string of the molecule is CCOC(=O)c1ccc(-c2ccc(/C=c3\sc4n(c3=O)CCCN=4)o2)cc1. The van der Waals surface area contributed by atoms with Gasteiger partial charge in [-0.25, -0.2) is 4.79 Å². The molecular formula is C20H18N2O4S. The third-order valence-corrected chi connectivity index (χ3v) is 5.30. The third kappa shape index (κ3) is 3.50. The number of nitrogens with zero attached hydrogens (tertiary/aromatic N) is 2. The average molecular weight is 382 g/mol. The Labute approximate surface area is 159 Å². The Hall–Kier alpha value is -2.93. The number of hydrogen-bond acceptors (Lipinski definition) is 6. The third-order valence-electron chi connectivity index (χ3n) is 4.26. The van der Waals surface area contributed by atoms with Crippen LogP contribution in [0.4, 0.5) is 0 Å². The van der Waals surface area contributed by atoms with Gasteiger partial charge in [0, 0.05) is 24.7 Å². The van der Waals surface area contributed by atoms with Crippen molar-refractivity contribution >= 4 is 23.4 Å². The van der Waals surface area contributed by atoms with E-state index >= 15 is 0 Å². The van der Waals surface area contributed by atoms with E-state index in [0.717, 1.165) is 29.9 Å². The first-order chi connectivity index (χ1) is 13.2. The van der Waals surface area contributed by atoms with Gasteiger partial charge in [0.25, 0.3) is 5.56 Å². The second-order valence-corrected chi connectivity index (χ2v) is 7.09. The van der Waals surface area contributed by atoms with E-state index in [1.54, 1.807) is 29.7 Å². The summed E-state index contributed by atoms with van der Waals surface area (Å²) in [6.45, 7) is 3.61. The summed E-state index contributed by atoms with van der Waals surface area (Å²) < 4.78 is 13.2. The summed E-state index contributed by atoms with van der Waals surface area (Å²) in [5.74, 6) is 0.934. The molecule has 4 rings (SSSR count). The Bertz CT molecular complexity index is 1150. The summed E-state index contributed by atoms with van der Waals surface area (Å²) in [7, 11) is 0. The Morgan fingerprint density at radius 2 is 2.11 bits per heavy atom. The highest BCUT2D eigenvalue weighted by Crippen LogP contribution is 2.23. The summed E-state index contributed by atoms with van der Waals surface area (Å²) in [6.07, 6.45) is 2.65. The Morgan fingerprint density at radius 3 is 2.85 bits per heavy atom. The fourth-order valence-corrected chi connectivity index (χ4v) is 3.94. The number of furan rings is 1. The summed E-state index contributed by atoms with van der Waals surface area (Å²) in [5, 5.41) is 0. The number of thiazole rings is 1. The van der Waals surface area contributed by atoms with Crippen molar-refractivity contribution in [1.29, 1.82) is 0 Å². The van der Waals surface area contributed by atoms with Gasteiger partial charge >= 0.3 is 5.97 Å². The van der Waals surface area contributed by atoms with Crippen LogP contribution in [0.25, 0.3) is 17.4 Å². The molecular weight excluding hydrogens is 364 g/mol. The van der Waals surface area contributed by atoms with E-state index in [9.17, 15) is 9.59 Å². The van der Waals surface area contributed by atoms with Gasteiger partial charge in [-0.15, -0.1) is 0 Å². The number of esters is 1. The molecule has 0 radical (unpaired) electrons. The predicted octanol–water partition coefficient (Wildman–Crippen LogP) is 2.20. The Balaban J connectivity index is 1.62. The van der Waals surface area contributed by atoms with Crippen molar-refractivity contribution in [2.75, 3.05) is 13.2 Å². The van der Waals surface area contributed by atoms with Gasteiger partial charge in [-0.05, 0) is 37.6 Å². The lowest BCUT2D eigenvalue weighted by Gasteiger charge is -2.03. The molecule has 27 heavy (non-hydrogen) atoms. The van der Waals surface area contributed by atoms with Gasteiger partial charge in [-0.2, -0.15) is 0 Å². The zero-order valence-corrected chi connectivity index (χ0v) is 15.6. The van der Waals surface area contributed by atoms with E-state index < -0.39 is 0 Å². The number of ether oxygens (including phenoxy) is 1. The van der Waals surface area contributed by atoms with Crippen LogP contribution in [0.1, 0.15) is 29.5 Å². The van der Waals surface area contributed by atoms with Gasteiger partial charge < -0.3 is 9.15 Å². The van der Waals surface area contributed by atoms with Gasteiger partial charge in [0.2, 0.25) is 0 Å². The van der Waals surface area contributed by atoms with E-state index in [1.807, 2.05) is 24.3 Å². The van der Waals surface area contributed by atoms with Gasteiger partial charge in [0.05, 0.1) is 16.7 Å². The minimum absolute atomic E-state index is 0.0183. The molecule has 7 heteroatoms. The minimum Gasteiger partial charge on any atom is -0.462 e. The molecule has 0 bridgehead atoms. The van der Waals surface area contributed by atoms with Crippen LogP contribution in [0.15, 0.2) is 50.6 Å². The average Bonchev–Trinajstić information content (AvgIpc) is 3.28. The van der Waals surface area contributed by atoms with Crippen molar-refractivity contribution in [3.8, 4) is 11.3 Å². The first-order valence-corrected chi connectivity index (χ1v) is 9.60. The van der Waals surface area contributed by atoms with E-state index in [-0.39, 0.29) is 11.5 Å². The number of rotatable bonds is 4. The van der Waals surface area contributed by atoms with E-state index in [1.165, 1.54) is 11.3 Å². The van der Waals surface area contributed by atoms with Crippen LogP contribution in [0.3, 0.4) is 0 Å². The molecule has 0 unspecified atom stereocenters. The maximum atomic E-state index is 12.4. The number of fused-ring (bicyclic) bond motifs is 1. The topological polar surface area (TPSA) is 73.8 Å². The molecule has 1 aromatic carbocycles. The molecule has 0 N–H and O–H groups in total. The highest BCUT2D eigenvalue weighted by Gasteiger charge is 2.11.